The molecule has 0 rings (SSSR count). The second-order valence-electron chi connectivity index (χ2n) is 2.18. The molecule has 0 heterocycles. The van der Waals surface area contributed by atoms with Crippen molar-refractivity contribution in [1.29, 1.82) is 0 Å². The van der Waals surface area contributed by atoms with Crippen LogP contribution >= 0.6 is 0 Å². The van der Waals surface area contributed by atoms with Crippen LogP contribution in [0.4, 0.5) is 0 Å². The van der Waals surface area contributed by atoms with Gasteiger partial charge in [0.1, 0.15) is 0 Å². The fourth-order valence-corrected chi connectivity index (χ4v) is 0.644. The van der Waals surface area contributed by atoms with Crippen LogP contribution in [0.5, 0.6) is 0 Å². The second kappa shape index (κ2) is 5.66. The van der Waals surface area contributed by atoms with Crippen molar-refractivity contribution in [3.8, 4) is 0 Å². The zero-order valence-electron chi connectivity index (χ0n) is 7.30. The molecule has 0 aromatic carbocycles. The van der Waals surface area contributed by atoms with Crippen LogP contribution in [0, 0.1) is 0 Å². The highest BCUT2D eigenvalue weighted by Crippen LogP contribution is 1.96. The number of allylic oxidation sites excluding steroid dienone is 4. The summed E-state index contributed by atoms with van der Waals surface area (Å²) in [5.74, 6) is 0. The van der Waals surface area contributed by atoms with Gasteiger partial charge in [0.2, 0.25) is 0 Å². The van der Waals surface area contributed by atoms with Crippen LogP contribution in [0.15, 0.2) is 42.0 Å². The Bertz CT molecular complexity index is 197. The summed E-state index contributed by atoms with van der Waals surface area (Å²) in [6, 6.07) is 0. The minimum absolute atomic E-state index is 0.812. The average Bonchev–Trinajstić information content (AvgIpc) is 2.00. The maximum absolute atomic E-state index is 4.21. The van der Waals surface area contributed by atoms with Crippen LogP contribution in [0.3, 0.4) is 0 Å². The van der Waals surface area contributed by atoms with E-state index in [1.54, 1.807) is 6.08 Å². The van der Waals surface area contributed by atoms with Gasteiger partial charge in [0.05, 0.1) is 0 Å². The summed E-state index contributed by atoms with van der Waals surface area (Å²) in [7, 11) is 0. The van der Waals surface area contributed by atoms with E-state index in [4.69, 9.17) is 0 Å². The van der Waals surface area contributed by atoms with Crippen molar-refractivity contribution in [3.63, 3.8) is 0 Å². The topological polar surface area (TPSA) is 12.4 Å². The maximum atomic E-state index is 4.21. The Labute approximate surface area is 68.9 Å². The van der Waals surface area contributed by atoms with E-state index in [2.05, 4.69) is 18.2 Å². The highest BCUT2D eigenvalue weighted by molar-refractivity contribution is 6.00. The normalized spacial score (nSPS) is 12.0. The van der Waals surface area contributed by atoms with Crippen molar-refractivity contribution in [2.24, 2.45) is 4.99 Å². The smallest absolute Gasteiger partial charge is 0.0383 e. The van der Waals surface area contributed by atoms with Crippen molar-refractivity contribution < 1.29 is 0 Å². The maximum Gasteiger partial charge on any atom is 0.0383 e. The zero-order chi connectivity index (χ0) is 8.69. The van der Waals surface area contributed by atoms with Crippen molar-refractivity contribution >= 4 is 5.71 Å². The molecule has 0 aromatic heterocycles. The molecule has 0 saturated carbocycles. The first kappa shape index (κ1) is 9.89. The van der Waals surface area contributed by atoms with Gasteiger partial charge in [0.25, 0.3) is 0 Å². The molecular formula is C10H15N. The summed E-state index contributed by atoms with van der Waals surface area (Å²) in [4.78, 5) is 4.21. The first-order valence-corrected chi connectivity index (χ1v) is 3.71. The molecule has 0 aliphatic heterocycles. The molecule has 0 aliphatic rings. The van der Waals surface area contributed by atoms with Crippen molar-refractivity contribution in [2.45, 2.75) is 13.8 Å². The van der Waals surface area contributed by atoms with E-state index in [1.165, 1.54) is 0 Å². The highest BCUT2D eigenvalue weighted by atomic mass is 14.7. The summed E-state index contributed by atoms with van der Waals surface area (Å²) in [5.41, 5.74) is 1.94. The first-order chi connectivity index (χ1) is 5.22. The lowest BCUT2D eigenvalue weighted by molar-refractivity contribution is 1.13. The number of hydrogen-bond acceptors (Lipinski definition) is 1. The number of nitrogens with zero attached hydrogens (tertiary/aromatic N) is 1. The Balaban J connectivity index is 4.13. The molecule has 0 N–H and O–H groups in total. The Morgan fingerprint density at radius 3 is 2.64 bits per heavy atom. The minimum Gasteiger partial charge on any atom is -0.290 e. The van der Waals surface area contributed by atoms with Crippen molar-refractivity contribution in [3.05, 3.63) is 37.0 Å². The van der Waals surface area contributed by atoms with Gasteiger partial charge in [-0.15, -0.1) is 0 Å². The summed E-state index contributed by atoms with van der Waals surface area (Å²) in [6.45, 7) is 12.2. The quantitative estimate of drug-likeness (QED) is 0.430. The predicted molar refractivity (Wildman–Crippen MR) is 52.1 cm³/mol. The van der Waals surface area contributed by atoms with Crippen LogP contribution in [-0.4, -0.2) is 12.3 Å². The van der Waals surface area contributed by atoms with E-state index in [-0.39, 0.29) is 0 Å². The molecule has 0 aliphatic carbocycles. The first-order valence-electron chi connectivity index (χ1n) is 3.71. The number of rotatable bonds is 4. The van der Waals surface area contributed by atoms with Gasteiger partial charge >= 0.3 is 0 Å². The fourth-order valence-electron chi connectivity index (χ4n) is 0.644. The molecule has 0 fully saturated rings. The average molecular weight is 149 g/mol. The minimum atomic E-state index is 0.812. The molecule has 0 unspecified atom stereocenters. The standard InChI is InChI=1S/C10H15N/c1-5-7-8-9(3)10(4)11-6-2/h5,7-8H,1,3,6H2,2,4H3. The van der Waals surface area contributed by atoms with Gasteiger partial charge in [0.15, 0.2) is 0 Å². The predicted octanol–water partition coefficient (Wildman–Crippen LogP) is 2.77. The molecule has 11 heavy (non-hydrogen) atoms. The molecule has 0 saturated heterocycles. The Morgan fingerprint density at radius 1 is 1.55 bits per heavy atom. The molecule has 0 aromatic rings. The number of aliphatic imine (C=N–C) groups is 1. The van der Waals surface area contributed by atoms with Gasteiger partial charge in [-0.2, -0.15) is 0 Å². The zero-order valence-corrected chi connectivity index (χ0v) is 7.30. The fraction of sp³-hybridized carbons (Fsp3) is 0.300. The van der Waals surface area contributed by atoms with Crippen LogP contribution in [0.1, 0.15) is 13.8 Å². The van der Waals surface area contributed by atoms with Gasteiger partial charge in [-0.3, -0.25) is 4.99 Å². The molecule has 0 spiro atoms. The summed E-state index contributed by atoms with van der Waals surface area (Å²) < 4.78 is 0. The van der Waals surface area contributed by atoms with Gasteiger partial charge in [-0.05, 0) is 19.4 Å². The molecular weight excluding hydrogens is 134 g/mol. The number of hydrogen-bond donors (Lipinski definition) is 0. The summed E-state index contributed by atoms with van der Waals surface area (Å²) in [6.07, 6.45) is 5.49. The molecule has 60 valence electrons. The third-order valence-electron chi connectivity index (χ3n) is 1.29. The Kier molecular flexibility index (Phi) is 5.09. The summed E-state index contributed by atoms with van der Waals surface area (Å²) in [5, 5.41) is 0. The highest BCUT2D eigenvalue weighted by Gasteiger charge is 1.90. The van der Waals surface area contributed by atoms with Crippen molar-refractivity contribution in [2.75, 3.05) is 6.54 Å². The monoisotopic (exact) mass is 149 g/mol. The van der Waals surface area contributed by atoms with Gasteiger partial charge in [-0.25, -0.2) is 0 Å². The van der Waals surface area contributed by atoms with Crippen LogP contribution in [0.25, 0.3) is 0 Å². The molecule has 0 amide bonds. The lowest BCUT2D eigenvalue weighted by Crippen LogP contribution is -1.93. The van der Waals surface area contributed by atoms with Gasteiger partial charge < -0.3 is 0 Å². The van der Waals surface area contributed by atoms with Crippen molar-refractivity contribution in [1.82, 2.24) is 0 Å². The molecule has 0 atom stereocenters. The molecule has 1 heteroatoms. The SMILES string of the molecule is C=CC=CC(=C)C(C)=NCC. The van der Waals surface area contributed by atoms with E-state index >= 15 is 0 Å². The van der Waals surface area contributed by atoms with E-state index in [0.29, 0.717) is 0 Å². The van der Waals surface area contributed by atoms with Crippen LogP contribution in [0.2, 0.25) is 0 Å². The van der Waals surface area contributed by atoms with Gasteiger partial charge in [0, 0.05) is 12.3 Å². The molecule has 0 radical (unpaired) electrons. The second-order valence-corrected chi connectivity index (χ2v) is 2.18. The van der Waals surface area contributed by atoms with Gasteiger partial charge in [-0.1, -0.05) is 31.4 Å². The van der Waals surface area contributed by atoms with Crippen LogP contribution < -0.4 is 0 Å². The lowest BCUT2D eigenvalue weighted by Gasteiger charge is -1.96. The van der Waals surface area contributed by atoms with E-state index in [9.17, 15) is 0 Å². The van der Waals surface area contributed by atoms with E-state index < -0.39 is 0 Å². The molecule has 1 nitrogen and oxygen atoms in total. The largest absolute Gasteiger partial charge is 0.290 e. The van der Waals surface area contributed by atoms with Crippen LogP contribution in [-0.2, 0) is 0 Å². The Morgan fingerprint density at radius 2 is 2.18 bits per heavy atom. The third kappa shape index (κ3) is 4.31. The molecule has 0 bridgehead atoms. The Hall–Kier alpha value is -1.11. The van der Waals surface area contributed by atoms with E-state index in [1.807, 2.05) is 26.0 Å². The summed E-state index contributed by atoms with van der Waals surface area (Å²) >= 11 is 0. The third-order valence-corrected chi connectivity index (χ3v) is 1.29. The van der Waals surface area contributed by atoms with E-state index in [0.717, 1.165) is 17.8 Å². The lowest BCUT2D eigenvalue weighted by atomic mass is 10.2.